The van der Waals surface area contributed by atoms with Crippen molar-refractivity contribution in [2.45, 2.75) is 37.6 Å². The second-order valence-electron chi connectivity index (χ2n) is 4.90. The van der Waals surface area contributed by atoms with E-state index >= 15 is 0 Å². The van der Waals surface area contributed by atoms with Crippen LogP contribution in [0.2, 0.25) is 0 Å². The summed E-state index contributed by atoms with van der Waals surface area (Å²) in [6.45, 7) is 5.64. The molecule has 1 aromatic rings. The first-order chi connectivity index (χ1) is 8.71. The van der Waals surface area contributed by atoms with Crippen LogP contribution in [0, 0.1) is 11.7 Å². The average molecular weight is 308 g/mol. The Morgan fingerprint density at radius 2 is 1.89 bits per heavy atom. The van der Waals surface area contributed by atoms with Crippen LogP contribution in [0.3, 0.4) is 0 Å². The van der Waals surface area contributed by atoms with Gasteiger partial charge in [-0.3, -0.25) is 0 Å². The highest BCUT2D eigenvalue weighted by Crippen LogP contribution is 2.23. The van der Waals surface area contributed by atoms with Gasteiger partial charge in [0.2, 0.25) is 10.0 Å². The molecule has 0 heterocycles. The van der Waals surface area contributed by atoms with Crippen molar-refractivity contribution in [2.24, 2.45) is 5.92 Å². The molecule has 0 aliphatic carbocycles. The summed E-state index contributed by atoms with van der Waals surface area (Å²) >= 11 is 5.59. The van der Waals surface area contributed by atoms with Crippen molar-refractivity contribution < 1.29 is 12.8 Å². The fourth-order valence-electron chi connectivity index (χ4n) is 1.63. The van der Waals surface area contributed by atoms with Crippen LogP contribution in [0.5, 0.6) is 0 Å². The number of sulfonamides is 1. The molecule has 0 aliphatic rings. The normalized spacial score (nSPS) is 14.1. The second-order valence-corrected chi connectivity index (χ2v) is 7.14. The van der Waals surface area contributed by atoms with Crippen molar-refractivity contribution in [1.82, 2.24) is 4.31 Å². The minimum Gasteiger partial charge on any atom is -0.207 e. The first-order valence-electron chi connectivity index (χ1n) is 6.04. The number of benzene rings is 1. The third-order valence-corrected chi connectivity index (χ3v) is 5.63. The Balaban J connectivity index is 3.20. The van der Waals surface area contributed by atoms with E-state index < -0.39 is 15.8 Å². The van der Waals surface area contributed by atoms with Gasteiger partial charge in [-0.1, -0.05) is 19.9 Å². The van der Waals surface area contributed by atoms with Crippen molar-refractivity contribution in [1.29, 1.82) is 0 Å². The summed E-state index contributed by atoms with van der Waals surface area (Å²) < 4.78 is 39.8. The quantitative estimate of drug-likeness (QED) is 0.783. The van der Waals surface area contributed by atoms with E-state index in [4.69, 9.17) is 11.6 Å². The monoisotopic (exact) mass is 307 g/mol. The van der Waals surface area contributed by atoms with Gasteiger partial charge < -0.3 is 0 Å². The predicted molar refractivity (Wildman–Crippen MR) is 75.2 cm³/mol. The Labute approximate surface area is 119 Å². The first-order valence-corrected chi connectivity index (χ1v) is 8.01. The van der Waals surface area contributed by atoms with Crippen LogP contribution in [0.1, 0.15) is 26.3 Å². The van der Waals surface area contributed by atoms with Crippen LogP contribution in [-0.2, 0) is 15.9 Å². The Kier molecular flexibility index (Phi) is 5.35. The third-order valence-electron chi connectivity index (χ3n) is 3.35. The second kappa shape index (κ2) is 6.20. The van der Waals surface area contributed by atoms with Crippen LogP contribution in [-0.4, -0.2) is 25.8 Å². The van der Waals surface area contributed by atoms with Crippen molar-refractivity contribution in [3.8, 4) is 0 Å². The van der Waals surface area contributed by atoms with Gasteiger partial charge >= 0.3 is 0 Å². The maximum atomic E-state index is 13.9. The highest BCUT2D eigenvalue weighted by Gasteiger charge is 2.29. The van der Waals surface area contributed by atoms with Gasteiger partial charge in [-0.05, 0) is 30.5 Å². The smallest absolute Gasteiger partial charge is 0.207 e. The molecule has 0 bridgehead atoms. The molecule has 1 atom stereocenters. The molecule has 0 aromatic heterocycles. The van der Waals surface area contributed by atoms with E-state index in [0.29, 0.717) is 5.56 Å². The van der Waals surface area contributed by atoms with Crippen LogP contribution >= 0.6 is 11.6 Å². The molecule has 108 valence electrons. The maximum absolute atomic E-state index is 13.9. The molecule has 0 fully saturated rings. The number of hydrogen-bond acceptors (Lipinski definition) is 2. The molecular formula is C13H19ClFNO2S. The lowest BCUT2D eigenvalue weighted by Gasteiger charge is -2.27. The SMILES string of the molecule is CC(C)C(C)N(C)S(=O)(=O)c1ccc(CCl)cc1F. The van der Waals surface area contributed by atoms with E-state index in [0.717, 1.165) is 6.07 Å². The molecule has 0 N–H and O–H groups in total. The lowest BCUT2D eigenvalue weighted by atomic mass is 10.1. The summed E-state index contributed by atoms with van der Waals surface area (Å²) in [5, 5.41) is 0. The summed E-state index contributed by atoms with van der Waals surface area (Å²) in [7, 11) is -2.36. The third kappa shape index (κ3) is 3.46. The molecule has 19 heavy (non-hydrogen) atoms. The van der Waals surface area contributed by atoms with Gasteiger partial charge in [-0.15, -0.1) is 11.6 Å². The fourth-order valence-corrected chi connectivity index (χ4v) is 3.33. The fraction of sp³-hybridized carbons (Fsp3) is 0.538. The number of nitrogens with zero attached hydrogens (tertiary/aromatic N) is 1. The highest BCUT2D eigenvalue weighted by atomic mass is 35.5. The van der Waals surface area contributed by atoms with E-state index in [-0.39, 0.29) is 22.7 Å². The summed E-state index contributed by atoms with van der Waals surface area (Å²) in [5.41, 5.74) is 0.553. The van der Waals surface area contributed by atoms with Gasteiger partial charge in [-0.2, -0.15) is 4.31 Å². The Morgan fingerprint density at radius 1 is 1.32 bits per heavy atom. The van der Waals surface area contributed by atoms with Gasteiger partial charge in [0.05, 0.1) is 0 Å². The number of alkyl halides is 1. The highest BCUT2D eigenvalue weighted by molar-refractivity contribution is 7.89. The molecular weight excluding hydrogens is 289 g/mol. The van der Waals surface area contributed by atoms with Gasteiger partial charge in [0, 0.05) is 19.0 Å². The van der Waals surface area contributed by atoms with Crippen molar-refractivity contribution in [3.63, 3.8) is 0 Å². The van der Waals surface area contributed by atoms with Crippen molar-refractivity contribution in [2.75, 3.05) is 7.05 Å². The largest absolute Gasteiger partial charge is 0.245 e. The van der Waals surface area contributed by atoms with Gasteiger partial charge in [0.25, 0.3) is 0 Å². The van der Waals surface area contributed by atoms with Crippen LogP contribution < -0.4 is 0 Å². The molecule has 0 amide bonds. The Morgan fingerprint density at radius 3 is 2.32 bits per heavy atom. The zero-order chi connectivity index (χ0) is 14.8. The molecule has 0 spiro atoms. The number of halogens is 2. The maximum Gasteiger partial charge on any atom is 0.245 e. The molecule has 1 aromatic carbocycles. The van der Waals surface area contributed by atoms with Gasteiger partial charge in [0.1, 0.15) is 10.7 Å². The minimum atomic E-state index is -3.82. The zero-order valence-corrected chi connectivity index (χ0v) is 13.1. The number of hydrogen-bond donors (Lipinski definition) is 0. The Hall–Kier alpha value is -0.650. The molecule has 0 radical (unpaired) electrons. The summed E-state index contributed by atoms with van der Waals surface area (Å²) in [5.74, 6) is -0.471. The molecule has 0 aliphatic heterocycles. The summed E-state index contributed by atoms with van der Waals surface area (Å²) in [4.78, 5) is -0.309. The van der Waals surface area contributed by atoms with Gasteiger partial charge in [-0.25, -0.2) is 12.8 Å². The lowest BCUT2D eigenvalue weighted by molar-refractivity contribution is 0.314. The standard InChI is InChI=1S/C13H19ClFNO2S/c1-9(2)10(3)16(4)19(17,18)13-6-5-11(8-14)7-12(13)15/h5-7,9-10H,8H2,1-4H3. The zero-order valence-electron chi connectivity index (χ0n) is 11.5. The summed E-state index contributed by atoms with van der Waals surface area (Å²) in [6.07, 6.45) is 0. The van der Waals surface area contributed by atoms with E-state index in [1.54, 1.807) is 6.92 Å². The van der Waals surface area contributed by atoms with E-state index in [1.807, 2.05) is 13.8 Å². The topological polar surface area (TPSA) is 37.4 Å². The summed E-state index contributed by atoms with van der Waals surface area (Å²) in [6, 6.07) is 3.74. The van der Waals surface area contributed by atoms with E-state index in [9.17, 15) is 12.8 Å². The Bertz CT molecular complexity index is 546. The van der Waals surface area contributed by atoms with Crippen molar-refractivity contribution in [3.05, 3.63) is 29.6 Å². The lowest BCUT2D eigenvalue weighted by Crippen LogP contribution is -2.38. The van der Waals surface area contributed by atoms with Crippen LogP contribution in [0.25, 0.3) is 0 Å². The van der Waals surface area contributed by atoms with Gasteiger partial charge in [0.15, 0.2) is 0 Å². The minimum absolute atomic E-state index is 0.143. The molecule has 0 saturated carbocycles. The number of rotatable bonds is 5. The molecule has 1 unspecified atom stereocenters. The molecule has 6 heteroatoms. The molecule has 0 saturated heterocycles. The average Bonchev–Trinajstić information content (AvgIpc) is 2.36. The predicted octanol–water partition coefficient (Wildman–Crippen LogP) is 3.23. The van der Waals surface area contributed by atoms with Crippen LogP contribution in [0.15, 0.2) is 23.1 Å². The van der Waals surface area contributed by atoms with Crippen molar-refractivity contribution >= 4 is 21.6 Å². The van der Waals surface area contributed by atoms with E-state index in [1.165, 1.54) is 23.5 Å². The first kappa shape index (κ1) is 16.4. The van der Waals surface area contributed by atoms with E-state index in [2.05, 4.69) is 0 Å². The van der Waals surface area contributed by atoms with Crippen LogP contribution in [0.4, 0.5) is 4.39 Å². The molecule has 1 rings (SSSR count). The molecule has 3 nitrogen and oxygen atoms in total.